The van der Waals surface area contributed by atoms with Crippen molar-refractivity contribution < 1.29 is 4.74 Å². The van der Waals surface area contributed by atoms with Crippen molar-refractivity contribution >= 4 is 40.2 Å². The number of fused-ring (bicyclic) bond motifs is 1. The van der Waals surface area contributed by atoms with Crippen LogP contribution in [-0.2, 0) is 6.54 Å². The Hall–Kier alpha value is -3.09. The summed E-state index contributed by atoms with van der Waals surface area (Å²) < 4.78 is 8.14. The van der Waals surface area contributed by atoms with Crippen LogP contribution in [0.4, 0.5) is 5.82 Å². The predicted molar refractivity (Wildman–Crippen MR) is 143 cm³/mol. The molecule has 5 rings (SSSR count). The van der Waals surface area contributed by atoms with Crippen molar-refractivity contribution in [3.05, 3.63) is 76.6 Å². The number of nitrogens with zero attached hydrogens (tertiary/aromatic N) is 4. The number of halogens is 2. The van der Waals surface area contributed by atoms with E-state index in [4.69, 9.17) is 32.9 Å². The molecular weight excluding hydrogens is 481 g/mol. The van der Waals surface area contributed by atoms with Gasteiger partial charge >= 0.3 is 0 Å². The quantitative estimate of drug-likeness (QED) is 0.196. The van der Waals surface area contributed by atoms with Gasteiger partial charge in [-0.05, 0) is 74.0 Å². The van der Waals surface area contributed by atoms with Crippen LogP contribution in [0.5, 0.6) is 5.75 Å². The Labute approximate surface area is 215 Å². The molecule has 0 radical (unpaired) electrons. The fraction of sp³-hybridized carbons (Fsp3) is 0.296. The molecule has 1 fully saturated rings. The maximum absolute atomic E-state index is 6.35. The Kier molecular flexibility index (Phi) is 6.67. The molecule has 1 aliphatic rings. The van der Waals surface area contributed by atoms with E-state index in [1.165, 1.54) is 12.8 Å². The van der Waals surface area contributed by atoms with E-state index in [1.807, 2.05) is 43.3 Å². The molecule has 2 aromatic carbocycles. The van der Waals surface area contributed by atoms with Gasteiger partial charge in [-0.15, -0.1) is 0 Å². The first kappa shape index (κ1) is 23.6. The van der Waals surface area contributed by atoms with Crippen LogP contribution in [0.1, 0.15) is 30.9 Å². The molecule has 0 spiro atoms. The Bertz CT molecular complexity index is 1380. The van der Waals surface area contributed by atoms with Crippen LogP contribution in [0.15, 0.2) is 55.1 Å². The van der Waals surface area contributed by atoms with E-state index in [0.29, 0.717) is 35.6 Å². The number of hydrogen-bond donors (Lipinski definition) is 1. The van der Waals surface area contributed by atoms with E-state index >= 15 is 0 Å². The van der Waals surface area contributed by atoms with Gasteiger partial charge in [-0.2, -0.15) is 9.97 Å². The minimum Gasteiger partial charge on any atom is -0.489 e. The second-order valence-electron chi connectivity index (χ2n) is 9.03. The molecule has 35 heavy (non-hydrogen) atoms. The minimum absolute atomic E-state index is 0.165. The van der Waals surface area contributed by atoms with Crippen molar-refractivity contribution in [1.82, 2.24) is 19.5 Å². The third-order valence-electron chi connectivity index (χ3n) is 6.26. The van der Waals surface area contributed by atoms with Gasteiger partial charge in [0, 0.05) is 17.6 Å². The maximum Gasteiger partial charge on any atom is 0.226 e. The zero-order valence-electron chi connectivity index (χ0n) is 19.8. The lowest BCUT2D eigenvalue weighted by Crippen LogP contribution is -2.19. The van der Waals surface area contributed by atoms with Gasteiger partial charge in [0.05, 0.1) is 5.56 Å². The lowest BCUT2D eigenvalue weighted by molar-refractivity contribution is 0.364. The van der Waals surface area contributed by atoms with Crippen LogP contribution >= 0.6 is 23.2 Å². The number of ether oxygens (including phenoxy) is 1. The van der Waals surface area contributed by atoms with Crippen LogP contribution in [0.25, 0.3) is 22.6 Å². The van der Waals surface area contributed by atoms with Crippen molar-refractivity contribution in [1.29, 1.82) is 0 Å². The summed E-state index contributed by atoms with van der Waals surface area (Å²) in [6, 6.07) is 14.2. The van der Waals surface area contributed by atoms with Crippen LogP contribution in [0.2, 0.25) is 10.3 Å². The van der Waals surface area contributed by atoms with Gasteiger partial charge in [-0.3, -0.25) is 0 Å². The number of rotatable bonds is 9. The molecule has 0 saturated heterocycles. The summed E-state index contributed by atoms with van der Waals surface area (Å²) in [4.78, 5) is 14.0. The van der Waals surface area contributed by atoms with E-state index in [1.54, 1.807) is 6.08 Å². The summed E-state index contributed by atoms with van der Waals surface area (Å²) in [6.07, 6.45) is 4.17. The summed E-state index contributed by atoms with van der Waals surface area (Å²) in [5.74, 6) is 2.79. The van der Waals surface area contributed by atoms with Crippen molar-refractivity contribution in [3.63, 3.8) is 0 Å². The molecule has 0 aliphatic heterocycles. The number of benzene rings is 2. The van der Waals surface area contributed by atoms with E-state index in [9.17, 15) is 0 Å². The molecule has 0 bridgehead atoms. The number of anilines is 1. The topological polar surface area (TPSA) is 64.9 Å². The van der Waals surface area contributed by atoms with Gasteiger partial charge in [0.2, 0.25) is 5.28 Å². The van der Waals surface area contributed by atoms with Gasteiger partial charge in [-0.25, -0.2) is 4.98 Å². The van der Waals surface area contributed by atoms with E-state index < -0.39 is 0 Å². The number of aryl methyl sites for hydroxylation is 1. The predicted octanol–water partition coefficient (Wildman–Crippen LogP) is 6.93. The third-order valence-corrected chi connectivity index (χ3v) is 6.68. The third kappa shape index (κ3) is 5.14. The summed E-state index contributed by atoms with van der Waals surface area (Å²) in [5, 5.41) is 4.44. The molecule has 1 saturated carbocycles. The SMILES string of the molecule is C=CCOc1ccc(C)cc1-c1nc2nc(Cl)nc(NC(C)C3CC3)c2n1Cc1ccc(Cl)cc1. The fourth-order valence-electron chi connectivity index (χ4n) is 4.26. The molecule has 4 aromatic rings. The Morgan fingerprint density at radius 2 is 1.91 bits per heavy atom. The highest BCUT2D eigenvalue weighted by Gasteiger charge is 2.30. The smallest absolute Gasteiger partial charge is 0.226 e. The van der Waals surface area contributed by atoms with E-state index in [-0.39, 0.29) is 11.3 Å². The molecule has 1 N–H and O–H groups in total. The normalized spacial score (nSPS) is 14.2. The molecule has 6 nitrogen and oxygen atoms in total. The van der Waals surface area contributed by atoms with Crippen molar-refractivity contribution in [2.45, 2.75) is 39.3 Å². The summed E-state index contributed by atoms with van der Waals surface area (Å²) in [6.45, 7) is 8.96. The Balaban J connectivity index is 1.72. The minimum atomic E-state index is 0.165. The van der Waals surface area contributed by atoms with Crippen LogP contribution in [0, 0.1) is 12.8 Å². The summed E-state index contributed by atoms with van der Waals surface area (Å²) >= 11 is 12.5. The van der Waals surface area contributed by atoms with Crippen molar-refractivity contribution in [2.24, 2.45) is 5.92 Å². The molecular formula is C27H27Cl2N5O. The largest absolute Gasteiger partial charge is 0.489 e. The molecule has 1 aliphatic carbocycles. The number of imidazole rings is 1. The maximum atomic E-state index is 6.35. The van der Waals surface area contributed by atoms with E-state index in [2.05, 4.69) is 39.4 Å². The van der Waals surface area contributed by atoms with Crippen LogP contribution < -0.4 is 10.1 Å². The van der Waals surface area contributed by atoms with Crippen molar-refractivity contribution in [3.8, 4) is 17.1 Å². The standard InChI is InChI=1S/C27H27Cl2N5O/c1-4-13-35-22-12-5-16(2)14-21(22)26-31-25-23(34(26)15-18-6-10-20(28)11-7-18)24(32-27(29)33-25)30-17(3)19-8-9-19/h4-7,10-12,14,17,19H,1,8-9,13,15H2,2-3H3,(H,30,32,33). The number of aromatic nitrogens is 4. The van der Waals surface area contributed by atoms with Gasteiger partial charge in [-0.1, -0.05) is 48.0 Å². The molecule has 2 aromatic heterocycles. The van der Waals surface area contributed by atoms with Gasteiger partial charge in [0.15, 0.2) is 11.5 Å². The molecule has 8 heteroatoms. The Morgan fingerprint density at radius 3 is 2.63 bits per heavy atom. The summed E-state index contributed by atoms with van der Waals surface area (Å²) in [5.41, 5.74) is 4.39. The van der Waals surface area contributed by atoms with Gasteiger partial charge in [0.25, 0.3) is 0 Å². The highest BCUT2D eigenvalue weighted by molar-refractivity contribution is 6.30. The zero-order chi connectivity index (χ0) is 24.5. The highest BCUT2D eigenvalue weighted by atomic mass is 35.5. The lowest BCUT2D eigenvalue weighted by Gasteiger charge is -2.17. The molecule has 0 amide bonds. The lowest BCUT2D eigenvalue weighted by atomic mass is 10.1. The van der Waals surface area contributed by atoms with Gasteiger partial charge in [0.1, 0.15) is 23.7 Å². The number of nitrogens with one attached hydrogen (secondary N) is 1. The first-order valence-electron chi connectivity index (χ1n) is 11.7. The van der Waals surface area contributed by atoms with Crippen LogP contribution in [-0.4, -0.2) is 32.2 Å². The average Bonchev–Trinajstić information content (AvgIpc) is 3.62. The summed E-state index contributed by atoms with van der Waals surface area (Å²) in [7, 11) is 0. The average molecular weight is 508 g/mol. The van der Waals surface area contributed by atoms with Crippen LogP contribution in [0.3, 0.4) is 0 Å². The Morgan fingerprint density at radius 1 is 1.14 bits per heavy atom. The second-order valence-corrected chi connectivity index (χ2v) is 9.81. The first-order chi connectivity index (χ1) is 16.9. The monoisotopic (exact) mass is 507 g/mol. The molecule has 2 heterocycles. The van der Waals surface area contributed by atoms with E-state index in [0.717, 1.165) is 33.8 Å². The highest BCUT2D eigenvalue weighted by Crippen LogP contribution is 2.38. The second kappa shape index (κ2) is 9.88. The van der Waals surface area contributed by atoms with Gasteiger partial charge < -0.3 is 14.6 Å². The van der Waals surface area contributed by atoms with Crippen molar-refractivity contribution in [2.75, 3.05) is 11.9 Å². The first-order valence-corrected chi connectivity index (χ1v) is 12.5. The number of hydrogen-bond acceptors (Lipinski definition) is 5. The zero-order valence-corrected chi connectivity index (χ0v) is 21.3. The fourth-order valence-corrected chi connectivity index (χ4v) is 4.56. The molecule has 1 unspecified atom stereocenters. The molecule has 1 atom stereocenters. The molecule has 180 valence electrons.